The van der Waals surface area contributed by atoms with Crippen LogP contribution in [-0.4, -0.2) is 29.9 Å². The van der Waals surface area contributed by atoms with Crippen molar-refractivity contribution in [2.45, 2.75) is 132 Å². The fourth-order valence-corrected chi connectivity index (χ4v) is 6.57. The maximum Gasteiger partial charge on any atom is 0.158 e. The van der Waals surface area contributed by atoms with Crippen LogP contribution >= 0.6 is 0 Å². The van der Waals surface area contributed by atoms with Crippen molar-refractivity contribution in [2.75, 3.05) is 0 Å². The zero-order valence-corrected chi connectivity index (χ0v) is 28.4. The standard InChI is InChI=1S/C38H52N6/c1-9-13-17-27-23(5)35-39-31(27)21-32-28(18-14-10-2)24(6)37(40-32)44-38-26(8)30(20-16-12-4)34(42-38)22-33-29(19-15-11-3)25(7)36(41-33)43-35/h21-22H,9-20H2,1-8H3,(H2,39,41,43). The number of nitrogens with zero attached hydrogens (tertiary/aromatic N) is 4. The Morgan fingerprint density at radius 3 is 1.27 bits per heavy atom. The molecule has 44 heavy (non-hydrogen) atoms. The zero-order chi connectivity index (χ0) is 31.4. The minimum atomic E-state index is 0.800. The molecule has 234 valence electrons. The van der Waals surface area contributed by atoms with E-state index in [1.54, 1.807) is 0 Å². The Morgan fingerprint density at radius 1 is 0.500 bits per heavy atom. The summed E-state index contributed by atoms with van der Waals surface area (Å²) >= 11 is 0. The third kappa shape index (κ3) is 6.31. The molecule has 2 aliphatic heterocycles. The lowest BCUT2D eigenvalue weighted by atomic mass is 10.00. The van der Waals surface area contributed by atoms with Crippen molar-refractivity contribution in [3.63, 3.8) is 0 Å². The fraction of sp³-hybridized carbons (Fsp3) is 0.526. The number of aromatic amines is 2. The first kappa shape index (κ1) is 31.9. The Balaban J connectivity index is 1.91. The van der Waals surface area contributed by atoms with E-state index in [1.807, 2.05) is 0 Å². The molecule has 3 aromatic rings. The monoisotopic (exact) mass is 592 g/mol. The fourth-order valence-electron chi connectivity index (χ4n) is 6.57. The molecule has 3 aromatic heterocycles. The van der Waals surface area contributed by atoms with Crippen molar-refractivity contribution in [2.24, 2.45) is 0 Å². The predicted octanol–water partition coefficient (Wildman–Crippen LogP) is 10.6. The molecule has 5 heterocycles. The molecule has 8 bridgehead atoms. The van der Waals surface area contributed by atoms with Crippen LogP contribution in [0.4, 0.5) is 0 Å². The number of aryl methyl sites for hydroxylation is 4. The van der Waals surface area contributed by atoms with Crippen LogP contribution in [0.3, 0.4) is 0 Å². The van der Waals surface area contributed by atoms with E-state index >= 15 is 0 Å². The molecule has 6 nitrogen and oxygen atoms in total. The maximum absolute atomic E-state index is 5.28. The summed E-state index contributed by atoms with van der Waals surface area (Å²) in [6.07, 6.45) is 13.2. The number of nitrogens with one attached hydrogen (secondary N) is 2. The van der Waals surface area contributed by atoms with Gasteiger partial charge in [-0.25, -0.2) is 19.9 Å². The Bertz CT molecular complexity index is 1620. The van der Waals surface area contributed by atoms with E-state index in [0.29, 0.717) is 0 Å². The van der Waals surface area contributed by atoms with Crippen LogP contribution in [0, 0.1) is 13.8 Å². The van der Waals surface area contributed by atoms with E-state index in [0.717, 1.165) is 122 Å². The van der Waals surface area contributed by atoms with Crippen molar-refractivity contribution in [1.29, 1.82) is 0 Å². The van der Waals surface area contributed by atoms with E-state index in [-0.39, 0.29) is 0 Å². The normalized spacial score (nSPS) is 13.5. The summed E-state index contributed by atoms with van der Waals surface area (Å²) in [6.45, 7) is 17.8. The van der Waals surface area contributed by atoms with E-state index in [1.165, 1.54) is 44.5 Å². The van der Waals surface area contributed by atoms with E-state index in [4.69, 9.17) is 19.9 Å². The summed E-state index contributed by atoms with van der Waals surface area (Å²) < 4.78 is 0. The maximum atomic E-state index is 5.28. The third-order valence-corrected chi connectivity index (χ3v) is 9.54. The van der Waals surface area contributed by atoms with Crippen molar-refractivity contribution in [3.8, 4) is 0 Å². The van der Waals surface area contributed by atoms with Gasteiger partial charge in [0, 0.05) is 11.0 Å². The summed E-state index contributed by atoms with van der Waals surface area (Å²) in [5, 5.41) is 0. The second-order valence-corrected chi connectivity index (χ2v) is 12.8. The number of allylic oxidation sites excluding steroid dienone is 4. The molecule has 0 unspecified atom stereocenters. The Morgan fingerprint density at radius 2 is 0.886 bits per heavy atom. The number of H-pyrrole nitrogens is 2. The van der Waals surface area contributed by atoms with Crippen molar-refractivity contribution in [1.82, 2.24) is 29.9 Å². The Hall–Kier alpha value is -3.54. The third-order valence-electron chi connectivity index (χ3n) is 9.54. The van der Waals surface area contributed by atoms with E-state index in [2.05, 4.69) is 77.5 Å². The molecule has 0 aromatic carbocycles. The van der Waals surface area contributed by atoms with Crippen LogP contribution in [-0.2, 0) is 12.8 Å². The lowest BCUT2D eigenvalue weighted by molar-refractivity contribution is 0.796. The summed E-state index contributed by atoms with van der Waals surface area (Å²) in [5.41, 5.74) is 16.2. The van der Waals surface area contributed by atoms with Crippen LogP contribution < -0.4 is 0 Å². The first-order valence-corrected chi connectivity index (χ1v) is 17.2. The highest BCUT2D eigenvalue weighted by molar-refractivity contribution is 5.93. The average Bonchev–Trinajstić information content (AvgIpc) is 3.66. The first-order chi connectivity index (χ1) is 21.3. The van der Waals surface area contributed by atoms with Gasteiger partial charge in [-0.1, -0.05) is 53.4 Å². The van der Waals surface area contributed by atoms with Gasteiger partial charge in [0.1, 0.15) is 11.3 Å². The molecule has 0 amide bonds. The van der Waals surface area contributed by atoms with Crippen LogP contribution in [0.1, 0.15) is 151 Å². The van der Waals surface area contributed by atoms with Gasteiger partial charge >= 0.3 is 0 Å². The average molecular weight is 593 g/mol. The van der Waals surface area contributed by atoms with Gasteiger partial charge in [-0.2, -0.15) is 0 Å². The number of fused-ring (bicyclic) bond motifs is 8. The minimum absolute atomic E-state index is 0.800. The lowest BCUT2D eigenvalue weighted by Gasteiger charge is -2.04. The topological polar surface area (TPSA) is 83.1 Å². The molecule has 0 saturated heterocycles. The molecule has 0 fully saturated rings. The van der Waals surface area contributed by atoms with Gasteiger partial charge < -0.3 is 9.97 Å². The number of rotatable bonds is 12. The highest BCUT2D eigenvalue weighted by atomic mass is 15.0. The van der Waals surface area contributed by atoms with Crippen LogP contribution in [0.15, 0.2) is 12.1 Å². The van der Waals surface area contributed by atoms with Gasteiger partial charge in [-0.05, 0) is 136 Å². The summed E-state index contributed by atoms with van der Waals surface area (Å²) in [6, 6.07) is 4.52. The quantitative estimate of drug-likeness (QED) is 0.219. The Labute approximate surface area is 264 Å². The molecular formula is C38H52N6. The van der Waals surface area contributed by atoms with Crippen LogP contribution in [0.5, 0.6) is 0 Å². The number of hydrogen-bond acceptors (Lipinski definition) is 4. The van der Waals surface area contributed by atoms with Gasteiger partial charge in [-0.15, -0.1) is 0 Å². The first-order valence-electron chi connectivity index (χ1n) is 17.2. The summed E-state index contributed by atoms with van der Waals surface area (Å²) in [7, 11) is 0. The highest BCUT2D eigenvalue weighted by Crippen LogP contribution is 2.36. The SMILES string of the molecule is CCCCC1=C(C)c2nc1cc1[nH]c(nc3[nH]c(cc4nc(n2)C(C)=C4CCCC)c(CCCC)c3C)c(C)c1CCCC. The molecule has 2 N–H and O–H groups in total. The van der Waals surface area contributed by atoms with Crippen LogP contribution in [0.25, 0.3) is 44.6 Å². The number of aromatic nitrogens is 6. The largest absolute Gasteiger partial charge is 0.340 e. The van der Waals surface area contributed by atoms with Gasteiger partial charge in [0.2, 0.25) is 0 Å². The Kier molecular flexibility index (Phi) is 10.2. The highest BCUT2D eigenvalue weighted by Gasteiger charge is 2.22. The van der Waals surface area contributed by atoms with Gasteiger partial charge in [-0.3, -0.25) is 0 Å². The smallest absolute Gasteiger partial charge is 0.158 e. The predicted molar refractivity (Wildman–Crippen MR) is 187 cm³/mol. The molecule has 5 rings (SSSR count). The second-order valence-electron chi connectivity index (χ2n) is 12.8. The van der Waals surface area contributed by atoms with Gasteiger partial charge in [0.05, 0.1) is 11.4 Å². The molecule has 0 saturated carbocycles. The molecule has 0 aliphatic carbocycles. The summed E-state index contributed by atoms with van der Waals surface area (Å²) in [4.78, 5) is 28.3. The molecule has 0 spiro atoms. The van der Waals surface area contributed by atoms with Gasteiger partial charge in [0.15, 0.2) is 11.6 Å². The number of unbranched alkanes of at least 4 members (excludes halogenated alkanes) is 4. The minimum Gasteiger partial charge on any atom is -0.340 e. The molecule has 2 aliphatic rings. The molecule has 6 heteroatoms. The van der Waals surface area contributed by atoms with Crippen molar-refractivity contribution >= 4 is 44.6 Å². The van der Waals surface area contributed by atoms with Crippen molar-refractivity contribution < 1.29 is 0 Å². The lowest BCUT2D eigenvalue weighted by Crippen LogP contribution is -1.90. The second kappa shape index (κ2) is 14.0. The molecule has 0 radical (unpaired) electrons. The molecule has 0 atom stereocenters. The zero-order valence-electron chi connectivity index (χ0n) is 28.4. The molecular weight excluding hydrogens is 540 g/mol. The van der Waals surface area contributed by atoms with Gasteiger partial charge in [0.25, 0.3) is 0 Å². The summed E-state index contributed by atoms with van der Waals surface area (Å²) in [5.74, 6) is 1.60. The van der Waals surface area contributed by atoms with E-state index < -0.39 is 0 Å². The number of hydrogen-bond donors (Lipinski definition) is 2. The van der Waals surface area contributed by atoms with Crippen LogP contribution in [0.2, 0.25) is 0 Å². The van der Waals surface area contributed by atoms with Crippen molar-refractivity contribution in [3.05, 3.63) is 57.4 Å². The van der Waals surface area contributed by atoms with E-state index in [9.17, 15) is 0 Å².